The lowest BCUT2D eigenvalue weighted by atomic mass is 10.1. The lowest BCUT2D eigenvalue weighted by molar-refractivity contribution is 1.28. The zero-order chi connectivity index (χ0) is 9.97. The minimum Gasteiger partial charge on any atom is -0.249 e. The summed E-state index contributed by atoms with van der Waals surface area (Å²) in [6, 6.07) is 12.2. The highest BCUT2D eigenvalue weighted by Gasteiger charge is 1.98. The fourth-order valence-corrected chi connectivity index (χ4v) is 2.01. The molecule has 0 bridgehead atoms. The van der Waals surface area contributed by atoms with Gasteiger partial charge in [-0.15, -0.1) is 0 Å². The number of aromatic nitrogens is 1. The van der Waals surface area contributed by atoms with Crippen LogP contribution in [0.1, 0.15) is 0 Å². The van der Waals surface area contributed by atoms with Crippen LogP contribution >= 0.6 is 31.9 Å². The maximum absolute atomic E-state index is 4.09. The van der Waals surface area contributed by atoms with Gasteiger partial charge in [-0.3, -0.25) is 0 Å². The smallest absolute Gasteiger partial charge is 0.106 e. The van der Waals surface area contributed by atoms with Crippen LogP contribution in [-0.2, 0) is 0 Å². The van der Waals surface area contributed by atoms with Gasteiger partial charge >= 0.3 is 0 Å². The third-order valence-corrected chi connectivity index (χ3v) is 2.81. The van der Waals surface area contributed by atoms with Gasteiger partial charge < -0.3 is 0 Å². The summed E-state index contributed by atoms with van der Waals surface area (Å²) in [5, 5.41) is 0. The summed E-state index contributed by atoms with van der Waals surface area (Å²) in [5.74, 6) is 0. The van der Waals surface area contributed by atoms with Gasteiger partial charge in [0.05, 0.1) is 0 Å². The molecule has 0 amide bonds. The quantitative estimate of drug-likeness (QED) is 0.716. The average molecular weight is 313 g/mol. The van der Waals surface area contributed by atoms with Gasteiger partial charge in [0.2, 0.25) is 0 Å². The molecular weight excluding hydrogens is 306 g/mol. The van der Waals surface area contributed by atoms with Crippen molar-refractivity contribution in [3.8, 4) is 11.1 Å². The van der Waals surface area contributed by atoms with Crippen molar-refractivity contribution in [2.24, 2.45) is 0 Å². The number of pyridine rings is 1. The molecule has 0 fully saturated rings. The van der Waals surface area contributed by atoms with E-state index in [0.29, 0.717) is 0 Å². The van der Waals surface area contributed by atoms with Crippen LogP contribution in [0, 0.1) is 0 Å². The van der Waals surface area contributed by atoms with Gasteiger partial charge in [0.1, 0.15) is 4.60 Å². The van der Waals surface area contributed by atoms with Gasteiger partial charge in [0.25, 0.3) is 0 Å². The van der Waals surface area contributed by atoms with Gasteiger partial charge in [-0.05, 0) is 51.3 Å². The molecule has 70 valence electrons. The number of hydrogen-bond acceptors (Lipinski definition) is 1. The summed E-state index contributed by atoms with van der Waals surface area (Å²) in [4.78, 5) is 4.09. The molecular formula is C11H7Br2N. The molecule has 0 aliphatic heterocycles. The van der Waals surface area contributed by atoms with Crippen LogP contribution in [0.5, 0.6) is 0 Å². The molecule has 0 radical (unpaired) electrons. The second kappa shape index (κ2) is 4.24. The van der Waals surface area contributed by atoms with Crippen molar-refractivity contribution in [3.63, 3.8) is 0 Å². The van der Waals surface area contributed by atoms with E-state index in [1.165, 1.54) is 5.56 Å². The van der Waals surface area contributed by atoms with Crippen molar-refractivity contribution in [3.05, 3.63) is 51.7 Å². The first-order valence-electron chi connectivity index (χ1n) is 4.13. The van der Waals surface area contributed by atoms with Crippen molar-refractivity contribution in [2.45, 2.75) is 0 Å². The molecule has 1 nitrogen and oxygen atoms in total. The standard InChI is InChI=1S/C11H7Br2N/c12-10-3-1-2-8(6-10)9-4-5-14-11(13)7-9/h1-7H. The monoisotopic (exact) mass is 311 g/mol. The second-order valence-corrected chi connectivity index (χ2v) is 4.61. The Morgan fingerprint density at radius 1 is 0.929 bits per heavy atom. The van der Waals surface area contributed by atoms with Crippen molar-refractivity contribution >= 4 is 31.9 Å². The average Bonchev–Trinajstić information content (AvgIpc) is 2.18. The lowest BCUT2D eigenvalue weighted by Gasteiger charge is -2.01. The van der Waals surface area contributed by atoms with Crippen molar-refractivity contribution < 1.29 is 0 Å². The molecule has 0 spiro atoms. The van der Waals surface area contributed by atoms with Crippen LogP contribution in [0.2, 0.25) is 0 Å². The Bertz CT molecular complexity index is 411. The van der Waals surface area contributed by atoms with E-state index in [-0.39, 0.29) is 0 Å². The lowest BCUT2D eigenvalue weighted by Crippen LogP contribution is -1.79. The number of benzene rings is 1. The molecule has 0 atom stereocenters. The van der Waals surface area contributed by atoms with Crippen LogP contribution in [0.15, 0.2) is 51.7 Å². The number of rotatable bonds is 1. The van der Waals surface area contributed by atoms with Gasteiger partial charge in [-0.2, -0.15) is 0 Å². The number of halogens is 2. The van der Waals surface area contributed by atoms with Gasteiger partial charge in [-0.25, -0.2) is 4.98 Å². The van der Waals surface area contributed by atoms with E-state index in [4.69, 9.17) is 0 Å². The summed E-state index contributed by atoms with van der Waals surface area (Å²) in [6.45, 7) is 0. The highest BCUT2D eigenvalue weighted by atomic mass is 79.9. The highest BCUT2D eigenvalue weighted by Crippen LogP contribution is 2.24. The Balaban J connectivity index is 2.49. The van der Waals surface area contributed by atoms with E-state index in [0.717, 1.165) is 14.6 Å². The molecule has 0 aliphatic carbocycles. The minimum atomic E-state index is 0.856. The van der Waals surface area contributed by atoms with Crippen molar-refractivity contribution in [2.75, 3.05) is 0 Å². The summed E-state index contributed by atoms with van der Waals surface area (Å²) < 4.78 is 1.94. The molecule has 0 saturated heterocycles. The SMILES string of the molecule is Brc1cccc(-c2ccnc(Br)c2)c1. The molecule has 0 unspecified atom stereocenters. The van der Waals surface area contributed by atoms with E-state index in [2.05, 4.69) is 49.0 Å². The number of hydrogen-bond donors (Lipinski definition) is 0. The molecule has 0 saturated carbocycles. The first-order valence-corrected chi connectivity index (χ1v) is 5.72. The van der Waals surface area contributed by atoms with Crippen LogP contribution in [0.25, 0.3) is 11.1 Å². The van der Waals surface area contributed by atoms with E-state index in [1.807, 2.05) is 24.3 Å². The van der Waals surface area contributed by atoms with Crippen molar-refractivity contribution in [1.82, 2.24) is 4.98 Å². The van der Waals surface area contributed by atoms with E-state index in [1.54, 1.807) is 6.20 Å². The van der Waals surface area contributed by atoms with Crippen LogP contribution < -0.4 is 0 Å². The maximum atomic E-state index is 4.09. The van der Waals surface area contributed by atoms with Gasteiger partial charge in [0, 0.05) is 10.7 Å². The molecule has 14 heavy (non-hydrogen) atoms. The predicted molar refractivity (Wildman–Crippen MR) is 65.1 cm³/mol. The molecule has 2 rings (SSSR count). The zero-order valence-corrected chi connectivity index (χ0v) is 10.4. The fourth-order valence-electron chi connectivity index (χ4n) is 1.25. The molecule has 1 aromatic carbocycles. The topological polar surface area (TPSA) is 12.9 Å². The first-order chi connectivity index (χ1) is 6.75. The third kappa shape index (κ3) is 2.22. The predicted octanol–water partition coefficient (Wildman–Crippen LogP) is 4.27. The van der Waals surface area contributed by atoms with E-state index in [9.17, 15) is 0 Å². The Hall–Kier alpha value is -0.670. The van der Waals surface area contributed by atoms with Gasteiger partial charge in [0.15, 0.2) is 0 Å². The maximum Gasteiger partial charge on any atom is 0.106 e. The number of nitrogens with zero attached hydrogens (tertiary/aromatic N) is 1. The largest absolute Gasteiger partial charge is 0.249 e. The summed E-state index contributed by atoms with van der Waals surface area (Å²) in [7, 11) is 0. The zero-order valence-electron chi connectivity index (χ0n) is 7.24. The highest BCUT2D eigenvalue weighted by molar-refractivity contribution is 9.10. The summed E-state index contributed by atoms with van der Waals surface area (Å²) in [6.07, 6.45) is 1.79. The van der Waals surface area contributed by atoms with Gasteiger partial charge in [-0.1, -0.05) is 28.1 Å². The Morgan fingerprint density at radius 2 is 1.71 bits per heavy atom. The van der Waals surface area contributed by atoms with Crippen LogP contribution in [0.4, 0.5) is 0 Å². The molecule has 2 aromatic rings. The molecule has 0 aliphatic rings. The first kappa shape index (κ1) is 9.87. The fraction of sp³-hybridized carbons (Fsp3) is 0. The van der Waals surface area contributed by atoms with E-state index >= 15 is 0 Å². The van der Waals surface area contributed by atoms with Crippen LogP contribution in [0.3, 0.4) is 0 Å². The normalized spacial score (nSPS) is 10.1. The minimum absolute atomic E-state index is 0.856. The van der Waals surface area contributed by atoms with E-state index < -0.39 is 0 Å². The molecule has 1 aromatic heterocycles. The summed E-state index contributed by atoms with van der Waals surface area (Å²) in [5.41, 5.74) is 2.34. The second-order valence-electron chi connectivity index (χ2n) is 2.88. The molecule has 0 N–H and O–H groups in total. The summed E-state index contributed by atoms with van der Waals surface area (Å²) >= 11 is 6.81. The van der Waals surface area contributed by atoms with Crippen molar-refractivity contribution in [1.29, 1.82) is 0 Å². The molecule has 1 heterocycles. The Morgan fingerprint density at radius 3 is 2.43 bits per heavy atom. The Kier molecular flexibility index (Phi) is 2.99. The van der Waals surface area contributed by atoms with Crippen LogP contribution in [-0.4, -0.2) is 4.98 Å². The Labute approximate surface area is 99.4 Å². The third-order valence-electron chi connectivity index (χ3n) is 1.88. The molecule has 3 heteroatoms.